The Balaban J connectivity index is 1.49. The van der Waals surface area contributed by atoms with Crippen molar-refractivity contribution < 1.29 is 40.3 Å². The van der Waals surface area contributed by atoms with Crippen molar-refractivity contribution >= 4 is 44.1 Å². The maximum Gasteiger partial charge on any atom is 0.493 e. The number of carbonyl (C=O) groups is 1. The van der Waals surface area contributed by atoms with Gasteiger partial charge in [-0.05, 0) is 24.5 Å². The van der Waals surface area contributed by atoms with Gasteiger partial charge in [0.15, 0.2) is 0 Å². The van der Waals surface area contributed by atoms with Crippen molar-refractivity contribution in [3.8, 4) is 5.75 Å². The number of aromatic nitrogens is 1. The van der Waals surface area contributed by atoms with Gasteiger partial charge in [0.05, 0.1) is 5.02 Å². The van der Waals surface area contributed by atoms with Crippen LogP contribution in [0.25, 0.3) is 0 Å². The second-order valence-electron chi connectivity index (χ2n) is 8.22. The third-order valence-corrected chi connectivity index (χ3v) is 8.24. The molecule has 1 aromatic heterocycles. The van der Waals surface area contributed by atoms with Crippen LogP contribution in [0.5, 0.6) is 5.75 Å². The first-order valence-corrected chi connectivity index (χ1v) is 13.8. The molecule has 38 heavy (non-hydrogen) atoms. The van der Waals surface area contributed by atoms with Crippen LogP contribution in [0.2, 0.25) is 5.02 Å². The van der Waals surface area contributed by atoms with Crippen LogP contribution in [0.3, 0.4) is 0 Å². The lowest BCUT2D eigenvalue weighted by Crippen LogP contribution is -2.39. The number of halogens is 5. The summed E-state index contributed by atoms with van der Waals surface area (Å²) >= 11 is 6.73. The van der Waals surface area contributed by atoms with Gasteiger partial charge in [-0.2, -0.15) is 21.6 Å². The zero-order valence-electron chi connectivity index (χ0n) is 19.4. The van der Waals surface area contributed by atoms with E-state index in [0.29, 0.717) is 43.3 Å². The Hall–Kier alpha value is -2.94. The summed E-state index contributed by atoms with van der Waals surface area (Å²) in [7, 11) is -5.20. The number of sulfonamides is 1. The first kappa shape index (κ1) is 28.1. The summed E-state index contributed by atoms with van der Waals surface area (Å²) in [5.74, 6) is -4.32. The summed E-state index contributed by atoms with van der Waals surface area (Å²) in [6.45, 7) is 2.18. The minimum Gasteiger partial charge on any atom is -0.489 e. The molecule has 15 heteroatoms. The number of hydrogen-bond acceptors (Lipinski definition) is 8. The normalized spacial score (nSPS) is 15.3. The number of rotatable bonds is 8. The fraction of sp³-hybridized carbons (Fsp3) is 0.304. The largest absolute Gasteiger partial charge is 0.493 e. The minimum absolute atomic E-state index is 0.127. The Bertz CT molecular complexity index is 1370. The maximum atomic E-state index is 15.0. The molecule has 0 atom stereocenters. The van der Waals surface area contributed by atoms with Crippen molar-refractivity contribution in [3.63, 3.8) is 0 Å². The molecule has 0 unspecified atom stereocenters. The quantitative estimate of drug-likeness (QED) is 0.262. The van der Waals surface area contributed by atoms with Gasteiger partial charge in [0, 0.05) is 37.3 Å². The van der Waals surface area contributed by atoms with Gasteiger partial charge in [0.2, 0.25) is 5.13 Å². The number of anilines is 1. The number of alkyl halides is 3. The molecule has 2 heterocycles. The molecule has 1 saturated heterocycles. The lowest BCUT2D eigenvalue weighted by molar-refractivity contribution is -0.199. The van der Waals surface area contributed by atoms with E-state index in [2.05, 4.69) is 14.7 Å². The van der Waals surface area contributed by atoms with E-state index in [4.69, 9.17) is 16.3 Å². The summed E-state index contributed by atoms with van der Waals surface area (Å²) in [6, 6.07) is 11.3. The predicted molar refractivity (Wildman–Crippen MR) is 131 cm³/mol. The van der Waals surface area contributed by atoms with Crippen LogP contribution in [0.4, 0.5) is 22.7 Å². The standard InChI is InChI=1S/C23H20ClF4N3O5S2/c24-17-12-20(38(33,34)31(22-29-8-11-37-22)36-21(32)23(26,27)28)18(25)13-19(17)35-16-6-9-30(10-7-16)14-15-4-2-1-3-5-15/h1-5,8,11-13,16H,6-7,9-10,14H2. The summed E-state index contributed by atoms with van der Waals surface area (Å²) in [5.41, 5.74) is 1.17. The maximum absolute atomic E-state index is 15.0. The van der Waals surface area contributed by atoms with E-state index < -0.39 is 38.0 Å². The molecule has 0 N–H and O–H groups in total. The van der Waals surface area contributed by atoms with Crippen LogP contribution < -0.4 is 9.21 Å². The molecule has 3 aromatic rings. The second kappa shape index (κ2) is 11.4. The number of piperidine rings is 1. The van der Waals surface area contributed by atoms with Crippen molar-refractivity contribution in [3.05, 3.63) is 70.4 Å². The first-order chi connectivity index (χ1) is 17.9. The SMILES string of the molecule is O=C(ON(c1nccs1)S(=O)(=O)c1cc(Cl)c(OC2CCN(Cc3ccccc3)CC2)cc1F)C(F)(F)F. The molecule has 2 aromatic carbocycles. The molecule has 0 radical (unpaired) electrons. The monoisotopic (exact) mass is 593 g/mol. The lowest BCUT2D eigenvalue weighted by Gasteiger charge is -2.32. The highest BCUT2D eigenvalue weighted by atomic mass is 35.5. The number of carbonyl (C=O) groups excluding carboxylic acids is 1. The molecule has 0 saturated carbocycles. The Morgan fingerprint density at radius 3 is 2.47 bits per heavy atom. The molecule has 0 spiro atoms. The highest BCUT2D eigenvalue weighted by molar-refractivity contribution is 7.92. The van der Waals surface area contributed by atoms with Crippen molar-refractivity contribution in [2.45, 2.75) is 36.6 Å². The molecule has 0 bridgehead atoms. The van der Waals surface area contributed by atoms with Crippen LogP contribution in [-0.2, 0) is 26.2 Å². The minimum atomic E-state index is -5.52. The molecular weight excluding hydrogens is 574 g/mol. The highest BCUT2D eigenvalue weighted by Gasteiger charge is 2.46. The molecule has 204 valence electrons. The Kier molecular flexibility index (Phi) is 8.45. The van der Waals surface area contributed by atoms with Crippen LogP contribution in [0.1, 0.15) is 18.4 Å². The van der Waals surface area contributed by atoms with Crippen LogP contribution in [0.15, 0.2) is 58.9 Å². The average molecular weight is 594 g/mol. The van der Waals surface area contributed by atoms with E-state index in [1.165, 1.54) is 10.9 Å². The number of benzene rings is 2. The molecule has 1 aliphatic heterocycles. The van der Waals surface area contributed by atoms with Gasteiger partial charge >= 0.3 is 22.2 Å². The van der Waals surface area contributed by atoms with Crippen LogP contribution in [-0.4, -0.2) is 49.6 Å². The third-order valence-electron chi connectivity index (χ3n) is 5.53. The third kappa shape index (κ3) is 6.54. The fourth-order valence-corrected chi connectivity index (χ4v) is 6.07. The molecule has 1 fully saturated rings. The van der Waals surface area contributed by atoms with Crippen LogP contribution >= 0.6 is 22.9 Å². The summed E-state index contributed by atoms with van der Waals surface area (Å²) in [4.78, 5) is 20.1. The van der Waals surface area contributed by atoms with Gasteiger partial charge in [-0.1, -0.05) is 46.4 Å². The second-order valence-corrected chi connectivity index (χ2v) is 11.2. The van der Waals surface area contributed by atoms with Gasteiger partial charge in [0.1, 0.15) is 22.6 Å². The van der Waals surface area contributed by atoms with Crippen molar-refractivity contribution in [1.29, 1.82) is 0 Å². The van der Waals surface area contributed by atoms with Gasteiger partial charge < -0.3 is 9.57 Å². The molecule has 8 nitrogen and oxygen atoms in total. The van der Waals surface area contributed by atoms with Crippen molar-refractivity contribution in [2.75, 3.05) is 17.6 Å². The molecule has 0 aliphatic carbocycles. The van der Waals surface area contributed by atoms with Crippen LogP contribution in [0, 0.1) is 5.82 Å². The number of hydrogen-bond donors (Lipinski definition) is 0. The number of likely N-dealkylation sites (tertiary alicyclic amines) is 1. The van der Waals surface area contributed by atoms with E-state index >= 15 is 4.39 Å². The molecule has 0 amide bonds. The van der Waals surface area contributed by atoms with E-state index in [1.807, 2.05) is 30.3 Å². The fourth-order valence-electron chi connectivity index (χ4n) is 3.72. The summed E-state index contributed by atoms with van der Waals surface area (Å²) in [5, 5.41) is 0.281. The predicted octanol–water partition coefficient (Wildman–Crippen LogP) is 5.19. The smallest absolute Gasteiger partial charge is 0.489 e. The Morgan fingerprint density at radius 1 is 1.18 bits per heavy atom. The van der Waals surface area contributed by atoms with Gasteiger partial charge in [-0.15, -0.1) is 11.3 Å². The van der Waals surface area contributed by atoms with Gasteiger partial charge in [0.25, 0.3) is 0 Å². The van der Waals surface area contributed by atoms with E-state index in [9.17, 15) is 26.4 Å². The van der Waals surface area contributed by atoms with Crippen molar-refractivity contribution in [1.82, 2.24) is 9.88 Å². The zero-order valence-corrected chi connectivity index (χ0v) is 21.8. The topological polar surface area (TPSA) is 89.0 Å². The Morgan fingerprint density at radius 2 is 1.87 bits per heavy atom. The molecule has 1 aliphatic rings. The molecular formula is C23H20ClF4N3O5S2. The van der Waals surface area contributed by atoms with E-state index in [-0.39, 0.29) is 21.3 Å². The Labute approximate surface area is 224 Å². The average Bonchev–Trinajstić information content (AvgIpc) is 3.40. The summed E-state index contributed by atoms with van der Waals surface area (Å²) < 4.78 is 84.9. The number of ether oxygens (including phenoxy) is 1. The highest BCUT2D eigenvalue weighted by Crippen LogP contribution is 2.35. The summed E-state index contributed by atoms with van der Waals surface area (Å²) in [6.07, 6.45) is -3.56. The number of thiazole rings is 1. The van der Waals surface area contributed by atoms with Crippen molar-refractivity contribution in [2.24, 2.45) is 0 Å². The van der Waals surface area contributed by atoms with E-state index in [0.717, 1.165) is 18.8 Å². The lowest BCUT2D eigenvalue weighted by atomic mass is 10.1. The number of nitrogens with zero attached hydrogens (tertiary/aromatic N) is 3. The van der Waals surface area contributed by atoms with Gasteiger partial charge in [-0.3, -0.25) is 4.90 Å². The first-order valence-electron chi connectivity index (χ1n) is 11.1. The zero-order chi connectivity index (χ0) is 27.5. The van der Waals surface area contributed by atoms with Gasteiger partial charge in [-0.25, -0.2) is 14.2 Å². The van der Waals surface area contributed by atoms with E-state index in [1.54, 1.807) is 0 Å². The molecule has 4 rings (SSSR count).